The predicted octanol–water partition coefficient (Wildman–Crippen LogP) is 0.553. The number of benzene rings is 1. The molecule has 19 heavy (non-hydrogen) atoms. The molecular formula is C10H9BrNO6S. The van der Waals surface area contributed by atoms with Crippen LogP contribution in [0, 0.1) is 0 Å². The van der Waals surface area contributed by atoms with Crippen molar-refractivity contribution in [3.8, 4) is 0 Å². The third-order valence-corrected chi connectivity index (χ3v) is 4.23. The van der Waals surface area contributed by atoms with E-state index in [1.54, 1.807) is 0 Å². The largest absolute Gasteiger partial charge is 0.481 e. The second kappa shape index (κ2) is 5.78. The summed E-state index contributed by atoms with van der Waals surface area (Å²) in [5, 5.41) is 8.54. The van der Waals surface area contributed by atoms with E-state index in [0.29, 0.717) is 0 Å². The van der Waals surface area contributed by atoms with Gasteiger partial charge in [0, 0.05) is 10.0 Å². The smallest absolute Gasteiger partial charge is 0.325 e. The Balaban J connectivity index is 3.23. The Labute approximate surface area is 117 Å². The molecule has 0 aliphatic heterocycles. The van der Waals surface area contributed by atoms with Gasteiger partial charge in [-0.2, -0.15) is 8.42 Å². The van der Waals surface area contributed by atoms with E-state index in [0.717, 1.165) is 6.07 Å². The molecule has 0 aromatic heterocycles. The molecule has 0 heterocycles. The van der Waals surface area contributed by atoms with Crippen LogP contribution in [0.15, 0.2) is 27.6 Å². The van der Waals surface area contributed by atoms with Crippen LogP contribution in [-0.2, 0) is 19.5 Å². The standard InChI is InChI=1S/C10H9BrNO6S/c11-9-5(10(15)6(12)4-8(13)14)2-1-3-7(9)19(16,17)18/h1-3,6H,4,12H2,(H,13,14)/t6-/m0/s1. The van der Waals surface area contributed by atoms with Crippen molar-refractivity contribution in [3.63, 3.8) is 0 Å². The van der Waals surface area contributed by atoms with E-state index in [1.165, 1.54) is 12.1 Å². The molecule has 0 aliphatic rings. The second-order valence-electron chi connectivity index (χ2n) is 3.64. The Hall–Kier alpha value is -1.29. The molecule has 0 spiro atoms. The molecule has 0 fully saturated rings. The monoisotopic (exact) mass is 350 g/mol. The van der Waals surface area contributed by atoms with Gasteiger partial charge in [0.2, 0.25) is 0 Å². The van der Waals surface area contributed by atoms with Gasteiger partial charge in [0.15, 0.2) is 5.78 Å². The molecule has 7 nitrogen and oxygen atoms in total. The molecule has 1 radical (unpaired) electrons. The summed E-state index contributed by atoms with van der Waals surface area (Å²) in [6.45, 7) is 0. The molecule has 0 aliphatic carbocycles. The van der Waals surface area contributed by atoms with Gasteiger partial charge in [-0.3, -0.25) is 9.59 Å². The molecule has 1 aromatic rings. The Morgan fingerprint density at radius 3 is 2.42 bits per heavy atom. The molecule has 1 atom stereocenters. The number of aliphatic carboxylic acids is 1. The lowest BCUT2D eigenvalue weighted by atomic mass is 10.0. The van der Waals surface area contributed by atoms with Crippen molar-refractivity contribution < 1.29 is 27.7 Å². The van der Waals surface area contributed by atoms with Crippen molar-refractivity contribution in [2.24, 2.45) is 5.73 Å². The maximum Gasteiger partial charge on any atom is 0.325 e. The molecule has 0 unspecified atom stereocenters. The fourth-order valence-electron chi connectivity index (χ4n) is 1.37. The van der Waals surface area contributed by atoms with Gasteiger partial charge in [0.05, 0.1) is 12.5 Å². The lowest BCUT2D eigenvalue weighted by Crippen LogP contribution is -2.33. The zero-order chi connectivity index (χ0) is 14.8. The van der Waals surface area contributed by atoms with E-state index in [1.807, 2.05) is 0 Å². The number of carbonyl (C=O) groups is 2. The highest BCUT2D eigenvalue weighted by molar-refractivity contribution is 9.10. The lowest BCUT2D eigenvalue weighted by molar-refractivity contribution is -0.137. The molecule has 103 valence electrons. The zero-order valence-electron chi connectivity index (χ0n) is 9.37. The number of carbonyl (C=O) groups excluding carboxylic acids is 1. The molecule has 1 rings (SSSR count). The van der Waals surface area contributed by atoms with Crippen LogP contribution in [0.25, 0.3) is 0 Å². The van der Waals surface area contributed by atoms with Crippen LogP contribution in [-0.4, -0.2) is 31.3 Å². The van der Waals surface area contributed by atoms with Crippen molar-refractivity contribution in [1.82, 2.24) is 0 Å². The number of hydrogen-bond acceptors (Lipinski definition) is 5. The van der Waals surface area contributed by atoms with E-state index in [4.69, 9.17) is 10.8 Å². The quantitative estimate of drug-likeness (QED) is 0.744. The van der Waals surface area contributed by atoms with Crippen LogP contribution < -0.4 is 5.73 Å². The summed E-state index contributed by atoms with van der Waals surface area (Å²) in [6.07, 6.45) is -0.598. The molecule has 3 N–H and O–H groups in total. The lowest BCUT2D eigenvalue weighted by Gasteiger charge is -2.10. The molecule has 0 saturated carbocycles. The highest BCUT2D eigenvalue weighted by atomic mass is 79.9. The molecule has 9 heteroatoms. The Morgan fingerprint density at radius 1 is 1.37 bits per heavy atom. The summed E-state index contributed by atoms with van der Waals surface area (Å²) in [5.74, 6) is -2.02. The molecule has 1 aromatic carbocycles. The predicted molar refractivity (Wildman–Crippen MR) is 66.6 cm³/mol. The van der Waals surface area contributed by atoms with E-state index in [2.05, 4.69) is 15.9 Å². The first-order chi connectivity index (χ1) is 8.64. The molecule has 0 saturated heterocycles. The Bertz CT molecular complexity index is 627. The zero-order valence-corrected chi connectivity index (χ0v) is 11.8. The summed E-state index contributed by atoms with van der Waals surface area (Å²) in [4.78, 5) is 21.7. The maximum absolute atomic E-state index is 11.9. The first kappa shape index (κ1) is 15.8. The molecular weight excluding hydrogens is 342 g/mol. The number of ketones is 1. The number of hydrogen-bond donors (Lipinski definition) is 2. The summed E-state index contributed by atoms with van der Waals surface area (Å²) >= 11 is 2.85. The van der Waals surface area contributed by atoms with Gasteiger partial charge in [-0.15, -0.1) is 0 Å². The fourth-order valence-corrected chi connectivity index (χ4v) is 3.00. The minimum atomic E-state index is -4.74. The van der Waals surface area contributed by atoms with E-state index >= 15 is 0 Å². The van der Waals surface area contributed by atoms with Gasteiger partial charge >= 0.3 is 16.1 Å². The van der Waals surface area contributed by atoms with Crippen LogP contribution in [0.4, 0.5) is 0 Å². The van der Waals surface area contributed by atoms with Crippen LogP contribution in [0.1, 0.15) is 16.8 Å². The van der Waals surface area contributed by atoms with Gasteiger partial charge in [0.1, 0.15) is 4.90 Å². The first-order valence-corrected chi connectivity index (χ1v) is 7.10. The minimum Gasteiger partial charge on any atom is -0.481 e. The number of carboxylic acids is 1. The van der Waals surface area contributed by atoms with Crippen LogP contribution in [0.3, 0.4) is 0 Å². The number of rotatable bonds is 5. The van der Waals surface area contributed by atoms with E-state index in [9.17, 15) is 22.6 Å². The summed E-state index contributed by atoms with van der Waals surface area (Å²) < 4.78 is 32.6. The Morgan fingerprint density at radius 2 is 1.95 bits per heavy atom. The van der Waals surface area contributed by atoms with Crippen molar-refractivity contribution in [2.45, 2.75) is 17.4 Å². The number of Topliss-reactive ketones (excluding diaryl/α,β-unsaturated/α-hetero) is 1. The van der Waals surface area contributed by atoms with Gasteiger partial charge in [-0.25, -0.2) is 0 Å². The van der Waals surface area contributed by atoms with Crippen LogP contribution >= 0.6 is 15.9 Å². The average molecular weight is 351 g/mol. The molecule has 0 bridgehead atoms. The summed E-state index contributed by atoms with van der Waals surface area (Å²) in [6, 6.07) is 2.17. The average Bonchev–Trinajstić information content (AvgIpc) is 2.25. The van der Waals surface area contributed by atoms with Crippen molar-refractivity contribution in [3.05, 3.63) is 28.2 Å². The first-order valence-electron chi connectivity index (χ1n) is 4.90. The fraction of sp³-hybridized carbons (Fsp3) is 0.200. The highest BCUT2D eigenvalue weighted by Gasteiger charge is 2.25. The number of halogens is 1. The minimum absolute atomic E-state index is 0.148. The van der Waals surface area contributed by atoms with Gasteiger partial charge in [0.25, 0.3) is 0 Å². The highest BCUT2D eigenvalue weighted by Crippen LogP contribution is 2.27. The van der Waals surface area contributed by atoms with E-state index < -0.39 is 39.2 Å². The summed E-state index contributed by atoms with van der Waals surface area (Å²) in [7, 11) is -4.74. The van der Waals surface area contributed by atoms with Crippen molar-refractivity contribution in [1.29, 1.82) is 0 Å². The topological polar surface area (TPSA) is 134 Å². The van der Waals surface area contributed by atoms with Crippen molar-refractivity contribution >= 4 is 37.8 Å². The van der Waals surface area contributed by atoms with Gasteiger partial charge < -0.3 is 10.8 Å². The summed E-state index contributed by atoms with van der Waals surface area (Å²) in [5.41, 5.74) is 5.25. The molecule has 0 amide bonds. The van der Waals surface area contributed by atoms with Crippen LogP contribution in [0.5, 0.6) is 0 Å². The van der Waals surface area contributed by atoms with E-state index in [-0.39, 0.29) is 10.0 Å². The third kappa shape index (κ3) is 3.83. The normalized spacial score (nSPS) is 13.0. The van der Waals surface area contributed by atoms with Gasteiger partial charge in [-0.1, -0.05) is 16.7 Å². The van der Waals surface area contributed by atoms with Crippen LogP contribution in [0.2, 0.25) is 0 Å². The number of nitrogens with two attached hydrogens (primary N) is 1. The maximum atomic E-state index is 11.9. The third-order valence-electron chi connectivity index (χ3n) is 2.23. The SMILES string of the molecule is N[C@@H](CC(=O)O)C(=O)c1cccc(S([O])(=O)=O)c1Br. The second-order valence-corrected chi connectivity index (χ2v) is 5.78. The van der Waals surface area contributed by atoms with Gasteiger partial charge in [-0.05, 0) is 22.0 Å². The Kier molecular flexibility index (Phi) is 4.80. The number of carboxylic acid groups (broad SMARTS) is 1. The van der Waals surface area contributed by atoms with Crippen molar-refractivity contribution in [2.75, 3.05) is 0 Å².